The molecule has 1 atom stereocenters. The molecule has 2 rings (SSSR count). The summed E-state index contributed by atoms with van der Waals surface area (Å²) in [6.07, 6.45) is 5.47. The van der Waals surface area contributed by atoms with Gasteiger partial charge in [0.2, 0.25) is 0 Å². The van der Waals surface area contributed by atoms with Crippen LogP contribution in [0.2, 0.25) is 0 Å². The van der Waals surface area contributed by atoms with E-state index >= 15 is 0 Å². The lowest BCUT2D eigenvalue weighted by Crippen LogP contribution is -2.24. The van der Waals surface area contributed by atoms with Crippen molar-refractivity contribution in [2.75, 3.05) is 6.54 Å². The van der Waals surface area contributed by atoms with Gasteiger partial charge >= 0.3 is 0 Å². The van der Waals surface area contributed by atoms with E-state index in [1.807, 2.05) is 24.1 Å². The molecular weight excluding hydrogens is 360 g/mol. The molecule has 0 aliphatic heterocycles. The van der Waals surface area contributed by atoms with Gasteiger partial charge in [-0.25, -0.2) is 0 Å². The molecule has 0 saturated heterocycles. The summed E-state index contributed by atoms with van der Waals surface area (Å²) in [6, 6.07) is 2.14. The molecule has 0 bridgehead atoms. The average Bonchev–Trinajstić information content (AvgIpc) is 2.67. The number of aromatic nitrogens is 3. The van der Waals surface area contributed by atoms with E-state index in [0.29, 0.717) is 0 Å². The van der Waals surface area contributed by atoms with Gasteiger partial charge in [-0.1, -0.05) is 6.92 Å². The fourth-order valence-electron chi connectivity index (χ4n) is 1.91. The quantitative estimate of drug-likeness (QED) is 0.895. The van der Waals surface area contributed by atoms with E-state index in [0.717, 1.165) is 26.7 Å². The normalized spacial score (nSPS) is 12.7. The summed E-state index contributed by atoms with van der Waals surface area (Å²) in [6.45, 7) is 2.96. The van der Waals surface area contributed by atoms with Crippen LogP contribution in [-0.2, 0) is 7.05 Å². The molecular formula is C12H14Br2N4. The van der Waals surface area contributed by atoms with Gasteiger partial charge in [-0.15, -0.1) is 0 Å². The van der Waals surface area contributed by atoms with Crippen LogP contribution in [0, 0.1) is 0 Å². The third-order valence-electron chi connectivity index (χ3n) is 2.68. The summed E-state index contributed by atoms with van der Waals surface area (Å²) >= 11 is 7.01. The first-order chi connectivity index (χ1) is 8.63. The molecule has 0 spiro atoms. The number of hydrogen-bond donors (Lipinski definition) is 1. The predicted molar refractivity (Wildman–Crippen MR) is 78.4 cm³/mol. The van der Waals surface area contributed by atoms with Gasteiger partial charge in [-0.05, 0) is 50.0 Å². The Morgan fingerprint density at radius 3 is 2.67 bits per heavy atom. The Bertz CT molecular complexity index is 519. The third kappa shape index (κ3) is 2.81. The van der Waals surface area contributed by atoms with E-state index in [1.54, 1.807) is 6.20 Å². The minimum atomic E-state index is 0.0712. The number of nitrogens with one attached hydrogen (secondary N) is 1. The summed E-state index contributed by atoms with van der Waals surface area (Å²) < 4.78 is 3.84. The predicted octanol–water partition coefficient (Wildman–Crippen LogP) is 3.04. The Labute approximate surface area is 123 Å². The van der Waals surface area contributed by atoms with Crippen LogP contribution in [0.25, 0.3) is 0 Å². The molecule has 6 heteroatoms. The molecule has 2 aromatic rings. The molecule has 1 N–H and O–H groups in total. The smallest absolute Gasteiger partial charge is 0.0774 e. The van der Waals surface area contributed by atoms with Gasteiger partial charge in [0.25, 0.3) is 0 Å². The molecule has 0 fully saturated rings. The van der Waals surface area contributed by atoms with Crippen LogP contribution < -0.4 is 5.32 Å². The van der Waals surface area contributed by atoms with Gasteiger partial charge in [-0.2, -0.15) is 5.10 Å². The number of rotatable bonds is 4. The van der Waals surface area contributed by atoms with Crippen molar-refractivity contribution in [2.24, 2.45) is 7.05 Å². The summed E-state index contributed by atoms with van der Waals surface area (Å²) in [5.74, 6) is 0. The number of nitrogens with zero attached hydrogens (tertiary/aromatic N) is 3. The molecule has 0 aliphatic carbocycles. The number of hydrogen-bond acceptors (Lipinski definition) is 3. The van der Waals surface area contributed by atoms with Crippen molar-refractivity contribution >= 4 is 31.9 Å². The van der Waals surface area contributed by atoms with Crippen LogP contribution in [0.4, 0.5) is 0 Å². The molecule has 0 amide bonds. The van der Waals surface area contributed by atoms with E-state index in [1.165, 1.54) is 0 Å². The second-order valence-electron chi connectivity index (χ2n) is 3.93. The summed E-state index contributed by atoms with van der Waals surface area (Å²) in [5, 5.41) is 7.72. The average molecular weight is 374 g/mol. The molecule has 1 unspecified atom stereocenters. The van der Waals surface area contributed by atoms with Gasteiger partial charge in [0.1, 0.15) is 0 Å². The first kappa shape index (κ1) is 13.7. The van der Waals surface area contributed by atoms with Crippen molar-refractivity contribution in [2.45, 2.75) is 13.0 Å². The fraction of sp³-hybridized carbons (Fsp3) is 0.333. The summed E-state index contributed by atoms with van der Waals surface area (Å²) in [7, 11) is 1.94. The van der Waals surface area contributed by atoms with Crippen LogP contribution in [0.15, 0.2) is 33.6 Å². The van der Waals surface area contributed by atoms with Crippen LogP contribution in [0.3, 0.4) is 0 Å². The highest BCUT2D eigenvalue weighted by Gasteiger charge is 2.20. The second kappa shape index (κ2) is 5.95. The zero-order valence-corrected chi connectivity index (χ0v) is 13.4. The number of pyridine rings is 1. The minimum absolute atomic E-state index is 0.0712. The molecule has 0 radical (unpaired) electrons. The Morgan fingerprint density at radius 2 is 2.11 bits per heavy atom. The molecule has 4 nitrogen and oxygen atoms in total. The molecule has 0 aliphatic rings. The lowest BCUT2D eigenvalue weighted by Gasteiger charge is -2.19. The van der Waals surface area contributed by atoms with Crippen LogP contribution in [0.1, 0.15) is 24.2 Å². The maximum atomic E-state index is 4.26. The zero-order chi connectivity index (χ0) is 13.1. The maximum absolute atomic E-state index is 4.26. The Hall–Kier alpha value is -0.720. The van der Waals surface area contributed by atoms with E-state index in [-0.39, 0.29) is 6.04 Å². The highest BCUT2D eigenvalue weighted by molar-refractivity contribution is 9.10. The van der Waals surface area contributed by atoms with Crippen LogP contribution >= 0.6 is 31.9 Å². The van der Waals surface area contributed by atoms with Crippen molar-refractivity contribution in [1.82, 2.24) is 20.1 Å². The SMILES string of the molecule is CCNC(c1cncc(Br)c1)c1c(Br)cnn1C. The van der Waals surface area contributed by atoms with E-state index in [4.69, 9.17) is 0 Å². The molecule has 2 heterocycles. The molecule has 18 heavy (non-hydrogen) atoms. The lowest BCUT2D eigenvalue weighted by molar-refractivity contribution is 0.569. The highest BCUT2D eigenvalue weighted by atomic mass is 79.9. The molecule has 2 aromatic heterocycles. The van der Waals surface area contributed by atoms with Crippen LogP contribution in [-0.4, -0.2) is 21.3 Å². The van der Waals surface area contributed by atoms with Crippen LogP contribution in [0.5, 0.6) is 0 Å². The van der Waals surface area contributed by atoms with Gasteiger partial charge in [0.05, 0.1) is 22.4 Å². The van der Waals surface area contributed by atoms with Crippen molar-refractivity contribution in [3.63, 3.8) is 0 Å². The van der Waals surface area contributed by atoms with Gasteiger partial charge in [-0.3, -0.25) is 9.67 Å². The number of halogens is 2. The first-order valence-electron chi connectivity index (χ1n) is 5.64. The van der Waals surface area contributed by atoms with E-state index in [2.05, 4.69) is 60.2 Å². The maximum Gasteiger partial charge on any atom is 0.0774 e. The Morgan fingerprint density at radius 1 is 1.33 bits per heavy atom. The van der Waals surface area contributed by atoms with Gasteiger partial charge in [0, 0.05) is 23.9 Å². The summed E-state index contributed by atoms with van der Waals surface area (Å²) in [5.41, 5.74) is 2.20. The largest absolute Gasteiger partial charge is 0.305 e. The number of aryl methyl sites for hydroxylation is 1. The third-order valence-corrected chi connectivity index (χ3v) is 3.72. The topological polar surface area (TPSA) is 42.7 Å². The highest BCUT2D eigenvalue weighted by Crippen LogP contribution is 2.28. The Kier molecular flexibility index (Phi) is 4.53. The van der Waals surface area contributed by atoms with Crippen molar-refractivity contribution in [3.8, 4) is 0 Å². The first-order valence-corrected chi connectivity index (χ1v) is 7.23. The molecule has 0 aromatic carbocycles. The second-order valence-corrected chi connectivity index (χ2v) is 5.70. The van der Waals surface area contributed by atoms with Crippen molar-refractivity contribution in [1.29, 1.82) is 0 Å². The molecule has 96 valence electrons. The lowest BCUT2D eigenvalue weighted by atomic mass is 10.1. The monoisotopic (exact) mass is 372 g/mol. The van der Waals surface area contributed by atoms with E-state index < -0.39 is 0 Å². The Balaban J connectivity index is 2.46. The van der Waals surface area contributed by atoms with Crippen molar-refractivity contribution in [3.05, 3.63) is 44.9 Å². The molecule has 0 saturated carbocycles. The zero-order valence-electron chi connectivity index (χ0n) is 10.2. The van der Waals surface area contributed by atoms with Gasteiger partial charge < -0.3 is 5.32 Å². The summed E-state index contributed by atoms with van der Waals surface area (Å²) in [4.78, 5) is 4.22. The minimum Gasteiger partial charge on any atom is -0.305 e. The van der Waals surface area contributed by atoms with Crippen molar-refractivity contribution < 1.29 is 0 Å². The van der Waals surface area contributed by atoms with E-state index in [9.17, 15) is 0 Å². The fourth-order valence-corrected chi connectivity index (χ4v) is 2.87. The van der Waals surface area contributed by atoms with Gasteiger partial charge in [0.15, 0.2) is 0 Å². The standard InChI is InChI=1S/C12H14Br2N4/c1-3-16-11(8-4-9(13)6-15-5-8)12-10(14)7-17-18(12)2/h4-7,11,16H,3H2,1-2H3.